The normalized spacial score (nSPS) is 10.7. The minimum Gasteiger partial charge on any atom is -0.482 e. The molecule has 0 saturated heterocycles. The first-order valence-electron chi connectivity index (χ1n) is 6.20. The Bertz CT molecular complexity index is 690. The van der Waals surface area contributed by atoms with E-state index in [1.807, 2.05) is 0 Å². The van der Waals surface area contributed by atoms with Crippen LogP contribution < -0.4 is 10.2 Å². The van der Waals surface area contributed by atoms with Crippen LogP contribution in [0.5, 0.6) is 5.75 Å². The van der Waals surface area contributed by atoms with Crippen LogP contribution in [-0.4, -0.2) is 18.7 Å². The van der Waals surface area contributed by atoms with Gasteiger partial charge in [-0.1, -0.05) is 35.3 Å². The predicted octanol–water partition coefficient (Wildman–Crippen LogP) is 3.66. The van der Waals surface area contributed by atoms with Gasteiger partial charge in [-0.05, 0) is 35.9 Å². The molecule has 0 aliphatic rings. The minimum absolute atomic E-state index is 0.248. The zero-order valence-corrected chi connectivity index (χ0v) is 12.7. The molecule has 0 radical (unpaired) electrons. The summed E-state index contributed by atoms with van der Waals surface area (Å²) in [6.07, 6.45) is 1.40. The van der Waals surface area contributed by atoms with E-state index in [0.29, 0.717) is 21.4 Å². The number of amides is 1. The van der Waals surface area contributed by atoms with E-state index in [0.717, 1.165) is 0 Å². The molecule has 0 aliphatic carbocycles. The highest BCUT2D eigenvalue weighted by atomic mass is 35.5. The van der Waals surface area contributed by atoms with Crippen LogP contribution in [0.3, 0.4) is 0 Å². The maximum atomic E-state index is 12.7. The van der Waals surface area contributed by atoms with E-state index < -0.39 is 5.91 Å². The van der Waals surface area contributed by atoms with Gasteiger partial charge in [0.2, 0.25) is 0 Å². The minimum atomic E-state index is -0.454. The lowest BCUT2D eigenvalue weighted by molar-refractivity contribution is -0.123. The third-order valence-corrected chi connectivity index (χ3v) is 3.06. The summed E-state index contributed by atoms with van der Waals surface area (Å²) >= 11 is 11.7. The van der Waals surface area contributed by atoms with E-state index in [4.69, 9.17) is 27.9 Å². The van der Waals surface area contributed by atoms with Crippen LogP contribution in [0, 0.1) is 5.82 Å². The monoisotopic (exact) mass is 340 g/mol. The zero-order valence-electron chi connectivity index (χ0n) is 11.2. The SMILES string of the molecule is O=C(COc1ccc(Cl)cc1Cl)N/N=C/c1ccc(F)cc1. The highest BCUT2D eigenvalue weighted by Gasteiger charge is 2.05. The second-order valence-electron chi connectivity index (χ2n) is 4.21. The number of rotatable bonds is 5. The van der Waals surface area contributed by atoms with E-state index >= 15 is 0 Å². The fraction of sp³-hybridized carbons (Fsp3) is 0.0667. The predicted molar refractivity (Wildman–Crippen MR) is 84.1 cm³/mol. The Hall–Kier alpha value is -2.11. The van der Waals surface area contributed by atoms with Crippen molar-refractivity contribution >= 4 is 35.3 Å². The molecule has 4 nitrogen and oxygen atoms in total. The van der Waals surface area contributed by atoms with Gasteiger partial charge in [-0.25, -0.2) is 9.82 Å². The Labute approximate surface area is 136 Å². The molecule has 2 aromatic carbocycles. The van der Waals surface area contributed by atoms with E-state index in [9.17, 15) is 9.18 Å². The number of nitrogens with zero attached hydrogens (tertiary/aromatic N) is 1. The highest BCUT2D eigenvalue weighted by molar-refractivity contribution is 6.35. The third-order valence-electron chi connectivity index (χ3n) is 2.53. The number of hydrogen-bond donors (Lipinski definition) is 1. The maximum Gasteiger partial charge on any atom is 0.277 e. The Kier molecular flexibility index (Phi) is 5.75. The van der Waals surface area contributed by atoms with Crippen molar-refractivity contribution in [2.24, 2.45) is 5.10 Å². The van der Waals surface area contributed by atoms with Gasteiger partial charge in [0.25, 0.3) is 5.91 Å². The third kappa shape index (κ3) is 5.02. The van der Waals surface area contributed by atoms with Crippen molar-refractivity contribution in [1.29, 1.82) is 0 Å². The molecule has 0 heterocycles. The Morgan fingerprint density at radius 1 is 1.23 bits per heavy atom. The summed E-state index contributed by atoms with van der Waals surface area (Å²) in [5.74, 6) is -0.442. The second-order valence-corrected chi connectivity index (χ2v) is 5.05. The smallest absolute Gasteiger partial charge is 0.277 e. The van der Waals surface area contributed by atoms with Gasteiger partial charge >= 0.3 is 0 Å². The van der Waals surface area contributed by atoms with Gasteiger partial charge in [-0.15, -0.1) is 0 Å². The number of benzene rings is 2. The fourth-order valence-electron chi connectivity index (χ4n) is 1.50. The van der Waals surface area contributed by atoms with Crippen molar-refractivity contribution in [3.8, 4) is 5.75 Å². The summed E-state index contributed by atoms with van der Waals surface area (Å²) in [5.41, 5.74) is 2.95. The quantitative estimate of drug-likeness (QED) is 0.667. The molecule has 0 aliphatic heterocycles. The summed E-state index contributed by atoms with van der Waals surface area (Å²) < 4.78 is 18.0. The largest absolute Gasteiger partial charge is 0.482 e. The molecular formula is C15H11Cl2FN2O2. The van der Waals surface area contributed by atoms with E-state index in [2.05, 4.69) is 10.5 Å². The highest BCUT2D eigenvalue weighted by Crippen LogP contribution is 2.27. The van der Waals surface area contributed by atoms with Gasteiger partial charge in [0.15, 0.2) is 6.61 Å². The summed E-state index contributed by atoms with van der Waals surface area (Å²) in [6, 6.07) is 10.4. The molecule has 2 rings (SSSR count). The number of ether oxygens (including phenoxy) is 1. The Balaban J connectivity index is 1.81. The lowest BCUT2D eigenvalue weighted by Gasteiger charge is -2.06. The van der Waals surface area contributed by atoms with Crippen molar-refractivity contribution < 1.29 is 13.9 Å². The molecule has 0 saturated carbocycles. The molecule has 0 atom stereocenters. The molecule has 0 spiro atoms. The van der Waals surface area contributed by atoms with Crippen LogP contribution in [0.2, 0.25) is 10.0 Å². The van der Waals surface area contributed by atoms with Crippen molar-refractivity contribution in [1.82, 2.24) is 5.43 Å². The molecule has 114 valence electrons. The van der Waals surface area contributed by atoms with Gasteiger partial charge in [-0.2, -0.15) is 5.10 Å². The standard InChI is InChI=1S/C15H11Cl2FN2O2/c16-11-3-6-14(13(17)7-11)22-9-15(21)20-19-8-10-1-4-12(18)5-2-10/h1-8H,9H2,(H,20,21)/b19-8+. The number of halogens is 3. The van der Waals surface area contributed by atoms with Crippen LogP contribution in [0.15, 0.2) is 47.6 Å². The van der Waals surface area contributed by atoms with Crippen molar-refractivity contribution in [2.45, 2.75) is 0 Å². The zero-order chi connectivity index (χ0) is 15.9. The van der Waals surface area contributed by atoms with Crippen LogP contribution in [0.25, 0.3) is 0 Å². The molecular weight excluding hydrogens is 330 g/mol. The summed E-state index contributed by atoms with van der Waals surface area (Å²) in [6.45, 7) is -0.248. The van der Waals surface area contributed by atoms with Crippen LogP contribution in [0.1, 0.15) is 5.56 Å². The lowest BCUT2D eigenvalue weighted by Crippen LogP contribution is -2.24. The van der Waals surface area contributed by atoms with Crippen molar-refractivity contribution in [2.75, 3.05) is 6.61 Å². The Morgan fingerprint density at radius 3 is 2.64 bits per heavy atom. The molecule has 1 amide bonds. The maximum absolute atomic E-state index is 12.7. The molecule has 0 fully saturated rings. The number of carbonyl (C=O) groups is 1. The van der Waals surface area contributed by atoms with Crippen LogP contribution in [-0.2, 0) is 4.79 Å². The van der Waals surface area contributed by atoms with Gasteiger partial charge in [-0.3, -0.25) is 4.79 Å². The summed E-state index contributed by atoms with van der Waals surface area (Å²) in [7, 11) is 0. The molecule has 0 aromatic heterocycles. The van der Waals surface area contributed by atoms with Crippen molar-refractivity contribution in [3.63, 3.8) is 0 Å². The first-order valence-corrected chi connectivity index (χ1v) is 6.95. The number of nitrogens with one attached hydrogen (secondary N) is 1. The first kappa shape index (κ1) is 16.3. The molecule has 2 aromatic rings. The van der Waals surface area contributed by atoms with Gasteiger partial charge in [0.1, 0.15) is 11.6 Å². The average molecular weight is 341 g/mol. The van der Waals surface area contributed by atoms with E-state index in [1.54, 1.807) is 12.1 Å². The number of hydrogen-bond acceptors (Lipinski definition) is 3. The van der Waals surface area contributed by atoms with Crippen LogP contribution in [0.4, 0.5) is 4.39 Å². The molecule has 7 heteroatoms. The first-order chi connectivity index (χ1) is 10.5. The number of carbonyl (C=O) groups excluding carboxylic acids is 1. The van der Waals surface area contributed by atoms with Gasteiger partial charge in [0.05, 0.1) is 11.2 Å². The van der Waals surface area contributed by atoms with Crippen molar-refractivity contribution in [3.05, 3.63) is 63.9 Å². The fourth-order valence-corrected chi connectivity index (χ4v) is 1.96. The van der Waals surface area contributed by atoms with Gasteiger partial charge in [0, 0.05) is 5.02 Å². The average Bonchev–Trinajstić information content (AvgIpc) is 2.48. The Morgan fingerprint density at radius 2 is 1.95 bits per heavy atom. The molecule has 22 heavy (non-hydrogen) atoms. The van der Waals surface area contributed by atoms with E-state index in [1.165, 1.54) is 36.5 Å². The summed E-state index contributed by atoms with van der Waals surface area (Å²) in [4.78, 5) is 11.6. The van der Waals surface area contributed by atoms with E-state index in [-0.39, 0.29) is 12.4 Å². The topological polar surface area (TPSA) is 50.7 Å². The van der Waals surface area contributed by atoms with Crippen LogP contribution >= 0.6 is 23.2 Å². The second kappa shape index (κ2) is 7.77. The van der Waals surface area contributed by atoms with Gasteiger partial charge < -0.3 is 4.74 Å². The molecule has 0 unspecified atom stereocenters. The summed E-state index contributed by atoms with van der Waals surface area (Å²) in [5, 5.41) is 4.53. The number of hydrazone groups is 1. The lowest BCUT2D eigenvalue weighted by atomic mass is 10.2. The molecule has 0 bridgehead atoms. The molecule has 1 N–H and O–H groups in total.